The smallest absolute Gasteiger partial charge is 0.0577 e. The number of fused-ring (bicyclic) bond motifs is 5. The molecule has 3 saturated carbocycles. The van der Waals surface area contributed by atoms with E-state index in [0.717, 1.165) is 55.8 Å². The normalized spacial score (nSPS) is 45.0. The van der Waals surface area contributed by atoms with E-state index in [1.165, 1.54) is 38.5 Å². The maximum Gasteiger partial charge on any atom is 0.0577 e. The first-order valence-corrected chi connectivity index (χ1v) is 12.7. The molecule has 0 heterocycles. The maximum atomic E-state index is 11.0. The van der Waals surface area contributed by atoms with Crippen LogP contribution in [-0.4, -0.2) is 17.2 Å². The van der Waals surface area contributed by atoms with Crippen LogP contribution < -0.4 is 5.11 Å². The minimum atomic E-state index is -0.901. The summed E-state index contributed by atoms with van der Waals surface area (Å²) in [5, 5.41) is 21.2. The van der Waals surface area contributed by atoms with Gasteiger partial charge in [0.15, 0.2) is 0 Å². The van der Waals surface area contributed by atoms with E-state index in [-0.39, 0.29) is 12.0 Å². The third kappa shape index (κ3) is 3.67. The van der Waals surface area contributed by atoms with Gasteiger partial charge in [0, 0.05) is 5.97 Å². The molecule has 0 amide bonds. The van der Waals surface area contributed by atoms with E-state index in [2.05, 4.69) is 26.8 Å². The highest BCUT2D eigenvalue weighted by atomic mass is 16.4. The predicted molar refractivity (Wildman–Crippen MR) is 118 cm³/mol. The Morgan fingerprint density at radius 1 is 1.13 bits per heavy atom. The molecule has 4 aliphatic rings. The van der Waals surface area contributed by atoms with Crippen molar-refractivity contribution in [3.63, 3.8) is 0 Å². The first-order chi connectivity index (χ1) is 14.2. The van der Waals surface area contributed by atoms with Crippen LogP contribution in [0.2, 0.25) is 0 Å². The van der Waals surface area contributed by atoms with E-state index in [4.69, 9.17) is 0 Å². The van der Waals surface area contributed by atoms with Gasteiger partial charge < -0.3 is 15.0 Å². The Morgan fingerprint density at radius 2 is 1.90 bits per heavy atom. The fourth-order valence-electron chi connectivity index (χ4n) is 8.68. The lowest BCUT2D eigenvalue weighted by molar-refractivity contribution is -0.311. The summed E-state index contributed by atoms with van der Waals surface area (Å²) in [6, 6.07) is 0. The molecule has 1 unspecified atom stereocenters. The summed E-state index contributed by atoms with van der Waals surface area (Å²) >= 11 is 0. The molecule has 1 N–H and O–H groups in total. The molecule has 4 aliphatic carbocycles. The lowest BCUT2D eigenvalue weighted by Crippen LogP contribution is -2.50. The van der Waals surface area contributed by atoms with Crippen molar-refractivity contribution < 1.29 is 15.0 Å². The molecule has 0 aromatic heterocycles. The van der Waals surface area contributed by atoms with Crippen molar-refractivity contribution in [2.45, 2.75) is 104 Å². The zero-order valence-corrected chi connectivity index (χ0v) is 19.7. The van der Waals surface area contributed by atoms with Gasteiger partial charge in [-0.1, -0.05) is 52.2 Å². The molecular weight excluding hydrogens is 372 g/mol. The van der Waals surface area contributed by atoms with Gasteiger partial charge in [-0.2, -0.15) is 0 Å². The molecule has 0 saturated heterocycles. The Balaban J connectivity index is 1.44. The number of aliphatic carboxylic acids is 1. The number of carbonyl (C=O) groups is 1. The van der Waals surface area contributed by atoms with Crippen LogP contribution >= 0.6 is 0 Å². The molecule has 0 aromatic rings. The van der Waals surface area contributed by atoms with Gasteiger partial charge >= 0.3 is 0 Å². The minimum Gasteiger partial charge on any atom is -0.550 e. The second-order valence-corrected chi connectivity index (χ2v) is 12.0. The highest BCUT2D eigenvalue weighted by molar-refractivity contribution is 5.66. The molecule has 3 fully saturated rings. The Labute approximate surface area is 183 Å². The third-order valence-electron chi connectivity index (χ3n) is 10.5. The van der Waals surface area contributed by atoms with Gasteiger partial charge in [0.05, 0.1) is 6.10 Å². The van der Waals surface area contributed by atoms with Crippen LogP contribution in [0.1, 0.15) is 98.3 Å². The quantitative estimate of drug-likeness (QED) is 0.613. The van der Waals surface area contributed by atoms with E-state index < -0.39 is 5.97 Å². The molecule has 0 aliphatic heterocycles. The summed E-state index contributed by atoms with van der Waals surface area (Å²) in [6.07, 6.45) is 15.0. The number of aliphatic hydroxyl groups excluding tert-OH is 1. The second kappa shape index (κ2) is 8.26. The number of rotatable bonds is 6. The molecule has 0 bridgehead atoms. The lowest BCUT2D eigenvalue weighted by Gasteiger charge is -2.58. The van der Waals surface area contributed by atoms with Gasteiger partial charge in [-0.15, -0.1) is 0 Å². The maximum absolute atomic E-state index is 11.0. The molecular formula is C27H43O3-. The topological polar surface area (TPSA) is 60.4 Å². The molecule has 0 radical (unpaired) electrons. The highest BCUT2D eigenvalue weighted by Gasteiger charge is 2.59. The fourth-order valence-corrected chi connectivity index (χ4v) is 8.68. The van der Waals surface area contributed by atoms with Crippen LogP contribution in [0, 0.1) is 46.3 Å². The minimum absolute atomic E-state index is 0.119. The van der Waals surface area contributed by atoms with Crippen LogP contribution in [0.3, 0.4) is 0 Å². The van der Waals surface area contributed by atoms with E-state index in [1.54, 1.807) is 12.5 Å². The molecule has 30 heavy (non-hydrogen) atoms. The first-order valence-electron chi connectivity index (χ1n) is 12.7. The Kier molecular flexibility index (Phi) is 6.16. The van der Waals surface area contributed by atoms with Gasteiger partial charge in [0.2, 0.25) is 0 Å². The Hall–Kier alpha value is -0.830. The van der Waals surface area contributed by atoms with Gasteiger partial charge in [-0.25, -0.2) is 0 Å². The first kappa shape index (κ1) is 22.4. The number of hydrogen-bond donors (Lipinski definition) is 1. The highest BCUT2D eigenvalue weighted by Crippen LogP contribution is 2.67. The summed E-state index contributed by atoms with van der Waals surface area (Å²) in [6.45, 7) is 9.32. The third-order valence-corrected chi connectivity index (χ3v) is 10.5. The Morgan fingerprint density at radius 3 is 2.63 bits per heavy atom. The summed E-state index contributed by atoms with van der Waals surface area (Å²) in [5.74, 6) is 2.71. The van der Waals surface area contributed by atoms with Gasteiger partial charge in [-0.05, 0) is 104 Å². The zero-order valence-electron chi connectivity index (χ0n) is 19.7. The van der Waals surface area contributed by atoms with Crippen molar-refractivity contribution in [3.05, 3.63) is 11.6 Å². The van der Waals surface area contributed by atoms with Crippen molar-refractivity contribution >= 4 is 5.97 Å². The number of aliphatic hydroxyl groups is 1. The summed E-state index contributed by atoms with van der Waals surface area (Å²) in [4.78, 5) is 11.0. The van der Waals surface area contributed by atoms with Crippen molar-refractivity contribution in [1.82, 2.24) is 0 Å². The summed E-state index contributed by atoms with van der Waals surface area (Å²) in [5.41, 5.74) is 2.35. The van der Waals surface area contributed by atoms with E-state index in [9.17, 15) is 15.0 Å². The van der Waals surface area contributed by atoms with Crippen LogP contribution in [0.15, 0.2) is 11.6 Å². The van der Waals surface area contributed by atoms with E-state index in [0.29, 0.717) is 16.7 Å². The number of carbonyl (C=O) groups excluding carboxylic acids is 1. The molecule has 3 nitrogen and oxygen atoms in total. The summed E-state index contributed by atoms with van der Waals surface area (Å²) < 4.78 is 0. The van der Waals surface area contributed by atoms with Gasteiger partial charge in [0.25, 0.3) is 0 Å². The Bertz CT molecular complexity index is 684. The molecule has 9 atom stereocenters. The fraction of sp³-hybridized carbons (Fsp3) is 0.889. The van der Waals surface area contributed by atoms with Crippen molar-refractivity contribution in [2.75, 3.05) is 0 Å². The predicted octanol–water partition coefficient (Wildman–Crippen LogP) is 5.12. The average Bonchev–Trinajstić information content (AvgIpc) is 3.05. The molecule has 170 valence electrons. The van der Waals surface area contributed by atoms with Gasteiger partial charge in [-0.3, -0.25) is 0 Å². The van der Waals surface area contributed by atoms with Crippen molar-refractivity contribution in [3.8, 4) is 0 Å². The number of allylic oxidation sites excluding steroid dienone is 1. The lowest BCUT2D eigenvalue weighted by atomic mass is 9.47. The van der Waals surface area contributed by atoms with Crippen LogP contribution in [-0.2, 0) is 4.79 Å². The standard InChI is InChI=1S/C27H44O3/c1-17(6-5-7-18(2)25(29)30)22-10-11-23-21-9-8-19-16-20(28)12-14-26(19,3)24(21)13-15-27(22,23)4/h8,17-18,20-24,28H,5-7,9-16H2,1-4H3,(H,29,30)/p-1/t17-,18?,20+,21+,22-,23+,24+,26+,27-/m1/s1. The molecule has 3 heteroatoms. The van der Waals surface area contributed by atoms with Crippen LogP contribution in [0.25, 0.3) is 0 Å². The van der Waals surface area contributed by atoms with E-state index in [1.807, 2.05) is 0 Å². The molecule has 4 rings (SSSR count). The molecule has 0 spiro atoms. The van der Waals surface area contributed by atoms with Gasteiger partial charge in [0.1, 0.15) is 0 Å². The van der Waals surface area contributed by atoms with E-state index >= 15 is 0 Å². The second-order valence-electron chi connectivity index (χ2n) is 12.0. The SMILES string of the molecule is CC(CCC[C@@H](C)[C@H]1CC[C@H]2[C@@H]3CC=C4C[C@@H](O)CC[C@]4(C)[C@H]3CC[C@]12C)C(=O)[O-]. The zero-order chi connectivity index (χ0) is 21.7. The number of carboxylic acids is 1. The average molecular weight is 416 g/mol. The monoisotopic (exact) mass is 415 g/mol. The van der Waals surface area contributed by atoms with Crippen LogP contribution in [0.5, 0.6) is 0 Å². The largest absolute Gasteiger partial charge is 0.550 e. The number of hydrogen-bond acceptors (Lipinski definition) is 3. The number of carboxylic acid groups (broad SMARTS) is 1. The van der Waals surface area contributed by atoms with Crippen LogP contribution in [0.4, 0.5) is 0 Å². The molecule has 0 aromatic carbocycles. The van der Waals surface area contributed by atoms with Crippen molar-refractivity contribution in [1.29, 1.82) is 0 Å². The summed E-state index contributed by atoms with van der Waals surface area (Å²) in [7, 11) is 0. The van der Waals surface area contributed by atoms with Crippen molar-refractivity contribution in [2.24, 2.45) is 46.3 Å².